The van der Waals surface area contributed by atoms with Crippen LogP contribution in [0.4, 0.5) is 4.79 Å². The summed E-state index contributed by atoms with van der Waals surface area (Å²) in [4.78, 5) is 48.5. The van der Waals surface area contributed by atoms with Crippen molar-refractivity contribution in [3.05, 3.63) is 86.1 Å². The molecule has 0 aliphatic heterocycles. The van der Waals surface area contributed by atoms with E-state index >= 15 is 0 Å². The summed E-state index contributed by atoms with van der Waals surface area (Å²) in [5, 5.41) is 12.7. The lowest BCUT2D eigenvalue weighted by molar-refractivity contribution is 0.0460. The first-order chi connectivity index (χ1) is 18.8. The van der Waals surface area contributed by atoms with Crippen LogP contribution in [-0.2, 0) is 28.3 Å². The zero-order valence-electron chi connectivity index (χ0n) is 21.8. The number of hydrogen-bond acceptors (Lipinski definition) is 8. The predicted molar refractivity (Wildman–Crippen MR) is 142 cm³/mol. The fraction of sp³-hybridized carbons (Fsp3) is 0.357. The first-order valence-electron chi connectivity index (χ1n) is 12.6. The first kappa shape index (κ1) is 27.8. The number of nitrogens with zero attached hydrogens (tertiary/aromatic N) is 2. The minimum Gasteiger partial charge on any atom is -0.494 e. The van der Waals surface area contributed by atoms with Gasteiger partial charge in [0.25, 0.3) is 5.56 Å². The van der Waals surface area contributed by atoms with Crippen molar-refractivity contribution in [2.75, 3.05) is 39.6 Å². The Morgan fingerprint density at radius 1 is 0.872 bits per heavy atom. The standard InChI is InChI=1S/C28H31N3O8/c1-30-25(33)24(26(34)31(2)28(30)36)23(32)11-13-37-15-16-38-14-12-29-27(35)39-17-22-20-9-5-3-7-18(20)19-8-4-6-10-21(19)22/h3-10,22,33H,11-17H2,1-2H3,(H,29,35). The number of ketones is 1. The number of amides is 1. The molecule has 11 nitrogen and oxygen atoms in total. The van der Waals surface area contributed by atoms with E-state index in [0.29, 0.717) is 0 Å². The van der Waals surface area contributed by atoms with Gasteiger partial charge in [0.1, 0.15) is 12.2 Å². The highest BCUT2D eigenvalue weighted by atomic mass is 16.6. The van der Waals surface area contributed by atoms with Gasteiger partial charge in [-0.15, -0.1) is 0 Å². The second kappa shape index (κ2) is 12.5. The highest BCUT2D eigenvalue weighted by molar-refractivity contribution is 5.97. The van der Waals surface area contributed by atoms with Crippen LogP contribution in [-0.4, -0.2) is 65.7 Å². The summed E-state index contributed by atoms with van der Waals surface area (Å²) in [6, 6.07) is 16.2. The van der Waals surface area contributed by atoms with Gasteiger partial charge in [-0.25, -0.2) is 9.59 Å². The SMILES string of the molecule is Cn1c(O)c(C(=O)CCOCCOCCNC(=O)OCC2c3ccccc3-c3ccccc32)c(=O)n(C)c1=O. The van der Waals surface area contributed by atoms with E-state index in [2.05, 4.69) is 29.6 Å². The Kier molecular flexibility index (Phi) is 8.95. The number of nitrogens with one attached hydrogen (secondary N) is 1. The van der Waals surface area contributed by atoms with Crippen LogP contribution in [0.25, 0.3) is 11.1 Å². The van der Waals surface area contributed by atoms with Gasteiger partial charge in [-0.3, -0.25) is 18.7 Å². The van der Waals surface area contributed by atoms with Gasteiger partial charge in [0.05, 0.1) is 26.4 Å². The van der Waals surface area contributed by atoms with Gasteiger partial charge in [0.2, 0.25) is 5.88 Å². The molecule has 2 N–H and O–H groups in total. The molecule has 1 amide bonds. The zero-order chi connectivity index (χ0) is 27.9. The second-order valence-corrected chi connectivity index (χ2v) is 9.05. The number of benzene rings is 2. The Labute approximate surface area is 224 Å². The number of fused-ring (bicyclic) bond motifs is 3. The lowest BCUT2D eigenvalue weighted by Gasteiger charge is -2.14. The van der Waals surface area contributed by atoms with Crippen LogP contribution in [0.2, 0.25) is 0 Å². The molecule has 1 aliphatic carbocycles. The lowest BCUT2D eigenvalue weighted by Crippen LogP contribution is -2.40. The van der Waals surface area contributed by atoms with Gasteiger partial charge in [-0.05, 0) is 22.3 Å². The van der Waals surface area contributed by atoms with Crippen LogP contribution in [0.5, 0.6) is 5.88 Å². The molecule has 0 radical (unpaired) electrons. The average Bonchev–Trinajstić information content (AvgIpc) is 3.26. The topological polar surface area (TPSA) is 138 Å². The van der Waals surface area contributed by atoms with Gasteiger partial charge in [0.15, 0.2) is 5.78 Å². The number of carbonyl (C=O) groups excluding carboxylic acids is 2. The maximum atomic E-state index is 12.3. The lowest BCUT2D eigenvalue weighted by atomic mass is 9.98. The number of carbonyl (C=O) groups is 2. The molecule has 2 aromatic carbocycles. The Hall–Kier alpha value is -4.22. The van der Waals surface area contributed by atoms with Crippen molar-refractivity contribution in [3.8, 4) is 17.0 Å². The Morgan fingerprint density at radius 3 is 2.10 bits per heavy atom. The van der Waals surface area contributed by atoms with Crippen molar-refractivity contribution < 1.29 is 28.9 Å². The minimum atomic E-state index is -0.854. The zero-order valence-corrected chi connectivity index (χ0v) is 21.8. The van der Waals surface area contributed by atoms with E-state index in [9.17, 15) is 24.3 Å². The van der Waals surface area contributed by atoms with E-state index in [-0.39, 0.29) is 51.9 Å². The third-order valence-corrected chi connectivity index (χ3v) is 6.62. The molecule has 1 heterocycles. The monoisotopic (exact) mass is 537 g/mol. The summed E-state index contributed by atoms with van der Waals surface area (Å²) in [6.45, 7) is 1.16. The van der Waals surface area contributed by atoms with Gasteiger partial charge < -0.3 is 24.6 Å². The quantitative estimate of drug-likeness (QED) is 0.264. The number of ether oxygens (including phenoxy) is 3. The summed E-state index contributed by atoms with van der Waals surface area (Å²) in [6.07, 6.45) is -0.673. The van der Waals surface area contributed by atoms with Gasteiger partial charge in [-0.1, -0.05) is 48.5 Å². The van der Waals surface area contributed by atoms with Crippen LogP contribution in [0.1, 0.15) is 33.8 Å². The van der Waals surface area contributed by atoms with Gasteiger partial charge >= 0.3 is 11.8 Å². The molecule has 4 rings (SSSR count). The van der Waals surface area contributed by atoms with Gasteiger partial charge in [0, 0.05) is 33.0 Å². The highest BCUT2D eigenvalue weighted by Crippen LogP contribution is 2.44. The molecule has 1 aromatic heterocycles. The fourth-order valence-electron chi connectivity index (χ4n) is 4.56. The molecular formula is C28H31N3O8. The molecule has 0 atom stereocenters. The molecule has 0 bridgehead atoms. The normalized spacial score (nSPS) is 12.2. The van der Waals surface area contributed by atoms with Crippen molar-refractivity contribution in [3.63, 3.8) is 0 Å². The number of rotatable bonds is 12. The summed E-state index contributed by atoms with van der Waals surface area (Å²) >= 11 is 0. The molecule has 0 fully saturated rings. The van der Waals surface area contributed by atoms with Crippen LogP contribution in [0.3, 0.4) is 0 Å². The van der Waals surface area contributed by atoms with Crippen molar-refractivity contribution in [2.45, 2.75) is 12.3 Å². The third kappa shape index (κ3) is 6.10. The van der Waals surface area contributed by atoms with E-state index in [1.54, 1.807) is 0 Å². The number of aromatic hydroxyl groups is 1. The van der Waals surface area contributed by atoms with Crippen molar-refractivity contribution >= 4 is 11.9 Å². The Bertz CT molecular complexity index is 1430. The molecular weight excluding hydrogens is 506 g/mol. The molecule has 206 valence electrons. The Balaban J connectivity index is 1.10. The molecule has 39 heavy (non-hydrogen) atoms. The van der Waals surface area contributed by atoms with Crippen molar-refractivity contribution in [1.29, 1.82) is 0 Å². The van der Waals surface area contributed by atoms with E-state index < -0.39 is 34.6 Å². The van der Waals surface area contributed by atoms with E-state index in [0.717, 1.165) is 31.4 Å². The van der Waals surface area contributed by atoms with Crippen LogP contribution >= 0.6 is 0 Å². The number of Topliss-reactive ketones (excluding diaryl/α,β-unsaturated/α-hetero) is 1. The average molecular weight is 538 g/mol. The summed E-state index contributed by atoms with van der Waals surface area (Å²) in [7, 11) is 2.50. The maximum absolute atomic E-state index is 12.3. The minimum absolute atomic E-state index is 0.00558. The van der Waals surface area contributed by atoms with Gasteiger partial charge in [-0.2, -0.15) is 0 Å². The van der Waals surface area contributed by atoms with E-state index in [4.69, 9.17) is 14.2 Å². The van der Waals surface area contributed by atoms with Crippen LogP contribution in [0.15, 0.2) is 58.1 Å². The Morgan fingerprint density at radius 2 is 1.46 bits per heavy atom. The largest absolute Gasteiger partial charge is 0.494 e. The molecule has 0 spiro atoms. The van der Waals surface area contributed by atoms with Crippen LogP contribution < -0.4 is 16.6 Å². The summed E-state index contributed by atoms with van der Waals surface area (Å²) < 4.78 is 17.8. The molecule has 3 aromatic rings. The van der Waals surface area contributed by atoms with Crippen molar-refractivity contribution in [1.82, 2.24) is 14.5 Å². The van der Waals surface area contributed by atoms with Crippen molar-refractivity contribution in [2.24, 2.45) is 14.1 Å². The first-order valence-corrected chi connectivity index (χ1v) is 12.6. The maximum Gasteiger partial charge on any atom is 0.407 e. The predicted octanol–water partition coefficient (Wildman–Crippen LogP) is 1.93. The highest BCUT2D eigenvalue weighted by Gasteiger charge is 2.29. The number of alkyl carbamates (subject to hydrolysis) is 1. The number of hydrogen-bond donors (Lipinski definition) is 2. The number of aromatic nitrogens is 2. The van der Waals surface area contributed by atoms with Crippen LogP contribution in [0, 0.1) is 0 Å². The smallest absolute Gasteiger partial charge is 0.407 e. The van der Waals surface area contributed by atoms with E-state index in [1.807, 2.05) is 24.3 Å². The van der Waals surface area contributed by atoms with E-state index in [1.165, 1.54) is 14.1 Å². The second-order valence-electron chi connectivity index (χ2n) is 9.05. The summed E-state index contributed by atoms with van der Waals surface area (Å²) in [5.74, 6) is -1.30. The molecule has 1 aliphatic rings. The molecule has 0 saturated carbocycles. The molecule has 11 heteroatoms. The third-order valence-electron chi connectivity index (χ3n) is 6.62. The fourth-order valence-corrected chi connectivity index (χ4v) is 4.56. The molecule has 0 unspecified atom stereocenters. The molecule has 0 saturated heterocycles. The summed E-state index contributed by atoms with van der Waals surface area (Å²) in [5.41, 5.74) is 2.59.